The Balaban J connectivity index is -0.00000000667. The zero-order valence-corrected chi connectivity index (χ0v) is 5.69. The molecule has 0 saturated heterocycles. The van der Waals surface area contributed by atoms with Crippen LogP contribution in [-0.4, -0.2) is 0 Å². The highest BCUT2D eigenvalue weighted by atomic mass is 35.5. The molecule has 42 valence electrons. The lowest BCUT2D eigenvalue weighted by atomic mass is 10.8. The molecule has 0 aromatic heterocycles. The molecule has 0 amide bonds. The van der Waals surface area contributed by atoms with Gasteiger partial charge < -0.3 is 37.2 Å². The van der Waals surface area contributed by atoms with Gasteiger partial charge in [-0.05, 0) is 6.92 Å². The Hall–Kier alpha value is 0.610. The van der Waals surface area contributed by atoms with E-state index >= 15 is 0 Å². The molecule has 0 aromatic carbocycles. The zero-order chi connectivity index (χ0) is 2.71. The smallest absolute Gasteiger partial charge is 0.0473 e. The van der Waals surface area contributed by atoms with E-state index < -0.39 is 0 Å². The van der Waals surface area contributed by atoms with Crippen LogP contribution in [0.1, 0.15) is 6.92 Å². The van der Waals surface area contributed by atoms with Gasteiger partial charge in [-0.3, -0.25) is 0 Å². The summed E-state index contributed by atoms with van der Waals surface area (Å²) in [4.78, 5) is 0. The van der Waals surface area contributed by atoms with Gasteiger partial charge in [0.25, 0.3) is 0 Å². The highest BCUT2D eigenvalue weighted by Gasteiger charge is 1.15. The van der Waals surface area contributed by atoms with Crippen LogP contribution in [0.5, 0.6) is 0 Å². The van der Waals surface area contributed by atoms with Crippen molar-refractivity contribution < 1.29 is 37.2 Å². The molecule has 0 aliphatic rings. The molecule has 0 radical (unpaired) electrons. The maximum Gasteiger partial charge on any atom is -0.0473 e. The molecule has 3 heteroatoms. The molecule has 0 N–H and O–H groups in total. The fourth-order valence-electron chi connectivity index (χ4n) is 0. The number of hydrogen-bond donors (Lipinski definition) is 0. The monoisotopic (exact) mass is 147 g/mol. The average molecular weight is 148 g/mol. The molecule has 0 aromatic rings. The van der Waals surface area contributed by atoms with Gasteiger partial charge in [-0.2, -0.15) is 0 Å². The Kier molecular flexibility index (Phi) is 234. The lowest BCUT2D eigenvalue weighted by molar-refractivity contribution is -0.00100. The first-order valence-electron chi connectivity index (χ1n) is 0.986. The van der Waals surface area contributed by atoms with Crippen molar-refractivity contribution in [1.29, 1.82) is 0 Å². The first-order chi connectivity index (χ1) is 1.41. The summed E-state index contributed by atoms with van der Waals surface area (Å²) in [7, 11) is 0. The van der Waals surface area contributed by atoms with Crippen LogP contribution in [0.2, 0.25) is 0 Å². The van der Waals surface area contributed by atoms with E-state index in [0.717, 1.165) is 0 Å². The van der Waals surface area contributed by atoms with Crippen molar-refractivity contribution in [3.05, 3.63) is 12.7 Å². The first-order valence-corrected chi connectivity index (χ1v) is 0.986. The highest BCUT2D eigenvalue weighted by molar-refractivity contribution is 4.51. The van der Waals surface area contributed by atoms with Gasteiger partial charge >= 0.3 is 0 Å². The SMILES string of the molecule is C=CC.[Cl-].[Cl-].[Cl-]. The second kappa shape index (κ2) is 46.0. The molecule has 0 atom stereocenters. The van der Waals surface area contributed by atoms with Crippen molar-refractivity contribution in [3.63, 3.8) is 0 Å². The summed E-state index contributed by atoms with van der Waals surface area (Å²) in [5, 5.41) is 0. The Morgan fingerprint density at radius 2 is 1.17 bits per heavy atom. The summed E-state index contributed by atoms with van der Waals surface area (Å²) >= 11 is 0. The average Bonchev–Trinajstić information content (AvgIpc) is 0.918. The van der Waals surface area contributed by atoms with Gasteiger partial charge in [-0.1, -0.05) is 6.08 Å². The molecule has 0 heterocycles. The van der Waals surface area contributed by atoms with E-state index in [0.29, 0.717) is 0 Å². The largest absolute Gasteiger partial charge is 1.00 e. The van der Waals surface area contributed by atoms with E-state index in [-0.39, 0.29) is 37.2 Å². The number of hydrogen-bond acceptors (Lipinski definition) is 0. The molecule has 0 nitrogen and oxygen atoms in total. The number of rotatable bonds is 0. The third-order valence-electron chi connectivity index (χ3n) is 0. The van der Waals surface area contributed by atoms with Gasteiger partial charge in [0.1, 0.15) is 0 Å². The molecule has 0 bridgehead atoms. The van der Waals surface area contributed by atoms with Crippen LogP contribution in [0.25, 0.3) is 0 Å². The molecule has 0 spiro atoms. The summed E-state index contributed by atoms with van der Waals surface area (Å²) in [5.41, 5.74) is 0. The summed E-state index contributed by atoms with van der Waals surface area (Å²) in [5.74, 6) is 0. The molecular formula is C3H6Cl3-3. The molecule has 0 unspecified atom stereocenters. The van der Waals surface area contributed by atoms with Gasteiger partial charge in [-0.15, -0.1) is 6.58 Å². The normalized spacial score (nSPS) is 2.17. The highest BCUT2D eigenvalue weighted by Crippen LogP contribution is 1.38. The van der Waals surface area contributed by atoms with Crippen LogP contribution in [0, 0.1) is 0 Å². The van der Waals surface area contributed by atoms with Gasteiger partial charge in [0.2, 0.25) is 0 Å². The Labute approximate surface area is 57.2 Å². The Bertz CT molecular complexity index is 13.5. The molecule has 0 saturated carbocycles. The van der Waals surface area contributed by atoms with Crippen LogP contribution >= 0.6 is 0 Å². The summed E-state index contributed by atoms with van der Waals surface area (Å²) in [6.45, 7) is 5.25. The summed E-state index contributed by atoms with van der Waals surface area (Å²) in [6, 6.07) is 0. The molecule has 0 aliphatic carbocycles. The molecule has 0 aliphatic heterocycles. The van der Waals surface area contributed by atoms with Gasteiger partial charge in [-0.25, -0.2) is 0 Å². The van der Waals surface area contributed by atoms with E-state index in [1.54, 1.807) is 6.08 Å². The van der Waals surface area contributed by atoms with Crippen molar-refractivity contribution >= 4 is 0 Å². The maximum atomic E-state index is 3.36. The van der Waals surface area contributed by atoms with Crippen molar-refractivity contribution in [3.8, 4) is 0 Å². The summed E-state index contributed by atoms with van der Waals surface area (Å²) in [6.07, 6.45) is 1.75. The van der Waals surface area contributed by atoms with Crippen LogP contribution in [0.4, 0.5) is 0 Å². The third kappa shape index (κ3) is 161. The van der Waals surface area contributed by atoms with E-state index in [1.165, 1.54) is 0 Å². The van der Waals surface area contributed by atoms with E-state index in [2.05, 4.69) is 6.58 Å². The van der Waals surface area contributed by atoms with E-state index in [4.69, 9.17) is 0 Å². The topological polar surface area (TPSA) is 0 Å². The van der Waals surface area contributed by atoms with Crippen molar-refractivity contribution in [1.82, 2.24) is 0 Å². The minimum absolute atomic E-state index is 0. The molecule has 6 heavy (non-hydrogen) atoms. The predicted octanol–water partition coefficient (Wildman–Crippen LogP) is -7.80. The lowest BCUT2D eigenvalue weighted by Gasteiger charge is -1.31. The van der Waals surface area contributed by atoms with Crippen LogP contribution in [0.3, 0.4) is 0 Å². The lowest BCUT2D eigenvalue weighted by Crippen LogP contribution is -3.00. The predicted molar refractivity (Wildman–Crippen MR) is 15.9 cm³/mol. The fourth-order valence-corrected chi connectivity index (χ4v) is 0. The van der Waals surface area contributed by atoms with E-state index in [9.17, 15) is 0 Å². The van der Waals surface area contributed by atoms with Gasteiger partial charge in [0, 0.05) is 0 Å². The second-order valence-corrected chi connectivity index (χ2v) is 0.408. The molecular weight excluding hydrogens is 142 g/mol. The van der Waals surface area contributed by atoms with Crippen molar-refractivity contribution in [2.75, 3.05) is 0 Å². The van der Waals surface area contributed by atoms with E-state index in [1.807, 2.05) is 6.92 Å². The fraction of sp³-hybridized carbons (Fsp3) is 0.333. The summed E-state index contributed by atoms with van der Waals surface area (Å²) < 4.78 is 0. The first kappa shape index (κ1) is 30.5. The van der Waals surface area contributed by atoms with Gasteiger partial charge in [0.15, 0.2) is 0 Å². The number of halogens is 3. The van der Waals surface area contributed by atoms with Crippen molar-refractivity contribution in [2.45, 2.75) is 6.92 Å². The van der Waals surface area contributed by atoms with Crippen LogP contribution in [-0.2, 0) is 0 Å². The Morgan fingerprint density at radius 1 is 1.17 bits per heavy atom. The maximum absolute atomic E-state index is 3.36. The zero-order valence-electron chi connectivity index (χ0n) is 3.42. The van der Waals surface area contributed by atoms with Crippen LogP contribution in [0.15, 0.2) is 12.7 Å². The molecule has 0 rings (SSSR count). The number of allylic oxidation sites excluding steroid dienone is 1. The molecule has 0 fully saturated rings. The standard InChI is InChI=1S/C3H6.3ClH/c1-3-2;;;/h3H,1H2,2H3;3*1H/p-3. The quantitative estimate of drug-likeness (QED) is 0.300. The van der Waals surface area contributed by atoms with Gasteiger partial charge in [0.05, 0.1) is 0 Å². The second-order valence-electron chi connectivity index (χ2n) is 0.408. The van der Waals surface area contributed by atoms with Crippen molar-refractivity contribution in [2.24, 2.45) is 0 Å². The van der Waals surface area contributed by atoms with Crippen LogP contribution < -0.4 is 37.2 Å². The third-order valence-corrected chi connectivity index (χ3v) is 0. The minimum Gasteiger partial charge on any atom is -1.00 e. The minimum atomic E-state index is 0. The Morgan fingerprint density at radius 3 is 1.17 bits per heavy atom.